The highest BCUT2D eigenvalue weighted by Crippen LogP contribution is 2.21. The molecule has 0 saturated heterocycles. The van der Waals surface area contributed by atoms with Gasteiger partial charge in [0.05, 0.1) is 28.2 Å². The first-order valence-corrected chi connectivity index (χ1v) is 4.32. The highest BCUT2D eigenvalue weighted by molar-refractivity contribution is 9.07. The monoisotopic (exact) mass is 239 g/mol. The highest BCUT2D eigenvalue weighted by atomic mass is 79.9. The molecule has 0 fully saturated rings. The van der Waals surface area contributed by atoms with Crippen LogP contribution in [0.5, 0.6) is 0 Å². The lowest BCUT2D eigenvalue weighted by Gasteiger charge is -2.17. The molecule has 0 unspecified atom stereocenters. The Kier molecular flexibility index (Phi) is 1.94. The van der Waals surface area contributed by atoms with Crippen molar-refractivity contribution >= 4 is 22.5 Å². The topological polar surface area (TPSA) is 54.7 Å². The maximum Gasteiger partial charge on any atom is 0.182 e. The second kappa shape index (κ2) is 3.11. The van der Waals surface area contributed by atoms with Crippen LogP contribution in [0.4, 0.5) is 0 Å². The number of allylic oxidation sites excluding steroid dienone is 1. The molecule has 0 atom stereocenters. The van der Waals surface area contributed by atoms with Gasteiger partial charge in [0.2, 0.25) is 0 Å². The number of hydrogen-bond donors (Lipinski definition) is 1. The molecule has 0 aromatic heterocycles. The zero-order chi connectivity index (χ0) is 9.26. The zero-order valence-electron chi connectivity index (χ0n) is 6.61. The summed E-state index contributed by atoms with van der Waals surface area (Å²) in [4.78, 5) is 5.99. The van der Waals surface area contributed by atoms with Crippen LogP contribution < -0.4 is 5.32 Å². The van der Waals surface area contributed by atoms with E-state index in [4.69, 9.17) is 5.26 Å². The molecule has 0 aromatic rings. The van der Waals surface area contributed by atoms with Crippen LogP contribution in [0.2, 0.25) is 0 Å². The van der Waals surface area contributed by atoms with Gasteiger partial charge in [-0.1, -0.05) is 0 Å². The van der Waals surface area contributed by atoms with E-state index in [2.05, 4.69) is 26.5 Å². The largest absolute Gasteiger partial charge is 0.312 e. The van der Waals surface area contributed by atoms with E-state index in [1.165, 1.54) is 0 Å². The van der Waals surface area contributed by atoms with Crippen molar-refractivity contribution in [1.29, 1.82) is 5.26 Å². The summed E-state index contributed by atoms with van der Waals surface area (Å²) in [5, 5.41) is 10.9. The maximum absolute atomic E-state index is 8.38. The van der Waals surface area contributed by atoms with Gasteiger partial charge < -0.3 is 4.90 Å². The first-order valence-electron chi connectivity index (χ1n) is 3.61. The third-order valence-electron chi connectivity index (χ3n) is 1.70. The summed E-state index contributed by atoms with van der Waals surface area (Å²) in [6, 6.07) is 0. The van der Waals surface area contributed by atoms with Crippen LogP contribution in [0.3, 0.4) is 0 Å². The minimum Gasteiger partial charge on any atom is -0.312 e. The Balaban J connectivity index is 2.21. The number of nitrogens with zero attached hydrogens (tertiary/aromatic N) is 4. The Morgan fingerprint density at radius 3 is 3.31 bits per heavy atom. The molecule has 5 nitrogen and oxygen atoms in total. The van der Waals surface area contributed by atoms with Gasteiger partial charge in [0.1, 0.15) is 12.5 Å². The van der Waals surface area contributed by atoms with Crippen LogP contribution in [0.25, 0.3) is 0 Å². The lowest BCUT2D eigenvalue weighted by molar-refractivity contribution is 0.483. The van der Waals surface area contributed by atoms with Crippen LogP contribution in [0.15, 0.2) is 28.8 Å². The van der Waals surface area contributed by atoms with E-state index in [1.807, 2.05) is 27.3 Å². The van der Waals surface area contributed by atoms with Crippen LogP contribution >= 0.6 is 16.1 Å². The Labute approximate surface area is 84.0 Å². The number of nitrogens with one attached hydrogen (secondary N) is 1. The second-order valence-corrected chi connectivity index (χ2v) is 3.49. The molecular weight excluding hydrogens is 234 g/mol. The number of nitriles is 1. The Bertz CT molecular complexity index is 350. The Morgan fingerprint density at radius 2 is 2.54 bits per heavy atom. The van der Waals surface area contributed by atoms with Crippen molar-refractivity contribution in [2.24, 2.45) is 4.99 Å². The molecule has 2 aliphatic rings. The molecule has 13 heavy (non-hydrogen) atoms. The smallest absolute Gasteiger partial charge is 0.182 e. The van der Waals surface area contributed by atoms with Crippen LogP contribution in [-0.4, -0.2) is 21.8 Å². The van der Waals surface area contributed by atoms with E-state index < -0.39 is 0 Å². The Hall–Kier alpha value is -1.48. The van der Waals surface area contributed by atoms with E-state index in [0.717, 1.165) is 12.4 Å². The molecule has 2 heterocycles. The minimum absolute atomic E-state index is 0.563. The number of rotatable bonds is 1. The number of hydrogen-bond acceptors (Lipinski definition) is 5. The summed E-state index contributed by atoms with van der Waals surface area (Å²) in [7, 11) is 0. The van der Waals surface area contributed by atoms with Gasteiger partial charge in [-0.2, -0.15) is 5.26 Å². The van der Waals surface area contributed by atoms with E-state index in [9.17, 15) is 0 Å². The fourth-order valence-corrected chi connectivity index (χ4v) is 1.60. The molecule has 6 heteroatoms. The van der Waals surface area contributed by atoms with Crippen molar-refractivity contribution in [1.82, 2.24) is 14.1 Å². The van der Waals surface area contributed by atoms with E-state index >= 15 is 0 Å². The van der Waals surface area contributed by atoms with Crippen molar-refractivity contribution in [3.05, 3.63) is 23.8 Å². The molecule has 0 saturated carbocycles. The predicted molar refractivity (Wildman–Crippen MR) is 50.9 cm³/mol. The molecule has 0 bridgehead atoms. The average molecular weight is 240 g/mol. The van der Waals surface area contributed by atoms with Gasteiger partial charge in [0.15, 0.2) is 6.19 Å². The normalized spacial score (nSPS) is 19.1. The summed E-state index contributed by atoms with van der Waals surface area (Å²) in [6.45, 7) is 0.731. The summed E-state index contributed by atoms with van der Waals surface area (Å²) in [5.41, 5.74) is 1.00. The summed E-state index contributed by atoms with van der Waals surface area (Å²) >= 11 is 3.33. The van der Waals surface area contributed by atoms with Crippen molar-refractivity contribution in [3.63, 3.8) is 0 Å². The van der Waals surface area contributed by atoms with E-state index in [0.29, 0.717) is 5.82 Å². The number of aliphatic imine (C=N–C) groups is 1. The van der Waals surface area contributed by atoms with Gasteiger partial charge in [0.25, 0.3) is 0 Å². The lowest BCUT2D eigenvalue weighted by atomic mass is 10.4. The molecule has 0 aliphatic carbocycles. The maximum atomic E-state index is 8.38. The molecule has 0 radical (unpaired) electrons. The molecule has 1 N–H and O–H groups in total. The van der Waals surface area contributed by atoms with Gasteiger partial charge in [-0.3, -0.25) is 9.24 Å². The fraction of sp³-hybridized carbons (Fsp3) is 0.143. The molecule has 0 aromatic carbocycles. The van der Waals surface area contributed by atoms with Crippen molar-refractivity contribution in [3.8, 4) is 6.19 Å². The van der Waals surface area contributed by atoms with Crippen molar-refractivity contribution in [2.75, 3.05) is 6.67 Å². The van der Waals surface area contributed by atoms with Crippen LogP contribution in [0.1, 0.15) is 0 Å². The molecule has 0 spiro atoms. The lowest BCUT2D eigenvalue weighted by Crippen LogP contribution is -2.24. The SMILES string of the molecule is N#CNC1=CC2=CN(Br)CN2C=N1. The molecule has 0 amide bonds. The first-order chi connectivity index (χ1) is 6.29. The number of halogens is 1. The van der Waals surface area contributed by atoms with Crippen molar-refractivity contribution < 1.29 is 0 Å². The second-order valence-electron chi connectivity index (χ2n) is 2.58. The minimum atomic E-state index is 0.563. The highest BCUT2D eigenvalue weighted by Gasteiger charge is 2.19. The number of fused-ring (bicyclic) bond motifs is 1. The zero-order valence-corrected chi connectivity index (χ0v) is 8.19. The van der Waals surface area contributed by atoms with E-state index in [-0.39, 0.29) is 0 Å². The van der Waals surface area contributed by atoms with Gasteiger partial charge in [-0.05, 0) is 0 Å². The van der Waals surface area contributed by atoms with Crippen LogP contribution in [0, 0.1) is 11.5 Å². The van der Waals surface area contributed by atoms with E-state index in [1.54, 1.807) is 6.34 Å². The van der Waals surface area contributed by atoms with Gasteiger partial charge in [-0.25, -0.2) is 4.99 Å². The van der Waals surface area contributed by atoms with Crippen LogP contribution in [-0.2, 0) is 0 Å². The molecule has 2 aliphatic heterocycles. The molecule has 66 valence electrons. The van der Waals surface area contributed by atoms with Crippen molar-refractivity contribution in [2.45, 2.75) is 0 Å². The van der Waals surface area contributed by atoms with Gasteiger partial charge in [-0.15, -0.1) is 0 Å². The summed E-state index contributed by atoms with van der Waals surface area (Å²) < 4.78 is 1.86. The summed E-state index contributed by atoms with van der Waals surface area (Å²) in [5.74, 6) is 0.563. The predicted octanol–water partition coefficient (Wildman–Crippen LogP) is 0.667. The molecular formula is C7H6BrN5. The van der Waals surface area contributed by atoms with Gasteiger partial charge >= 0.3 is 0 Å². The standard InChI is InChI=1S/C7H6BrN5/c8-13-2-6-1-7(10-3-9)11-4-12(6)5-13/h1-2,4,10H,5H2. The first kappa shape index (κ1) is 8.13. The average Bonchev–Trinajstić information content (AvgIpc) is 2.44. The molecule has 2 rings (SSSR count). The van der Waals surface area contributed by atoms with Gasteiger partial charge in [0, 0.05) is 12.3 Å². The quantitative estimate of drug-likeness (QED) is 0.415. The third kappa shape index (κ3) is 1.51. The Morgan fingerprint density at radius 1 is 1.69 bits per heavy atom. The fourth-order valence-electron chi connectivity index (χ4n) is 1.14. The third-order valence-corrected chi connectivity index (χ3v) is 2.13. The summed E-state index contributed by atoms with van der Waals surface area (Å²) in [6.07, 6.45) is 7.24.